The number of allylic oxidation sites excluding steroid dienone is 1. The Morgan fingerprint density at radius 1 is 0.789 bits per heavy atom. The van der Waals surface area contributed by atoms with Crippen molar-refractivity contribution in [2.24, 2.45) is 0 Å². The van der Waals surface area contributed by atoms with Crippen molar-refractivity contribution in [2.45, 2.75) is 0 Å². The maximum atomic E-state index is 11.9. The summed E-state index contributed by atoms with van der Waals surface area (Å²) in [6, 6.07) is 13.7. The minimum atomic E-state index is -0.725. The second kappa shape index (κ2) is 5.27. The molecule has 2 rings (SSSR count). The van der Waals surface area contributed by atoms with Gasteiger partial charge in [0.15, 0.2) is 5.76 Å². The minimum Gasteiger partial charge on any atom is -0.508 e. The number of carbonyl (C=O) groups excluding carboxylic acids is 1. The van der Waals surface area contributed by atoms with Crippen molar-refractivity contribution < 1.29 is 20.1 Å². The molecule has 0 aliphatic heterocycles. The lowest BCUT2D eigenvalue weighted by molar-refractivity contribution is 0.0975. The average molecular weight is 256 g/mol. The Hall–Kier alpha value is -2.75. The second-order valence-electron chi connectivity index (χ2n) is 3.94. The molecule has 19 heavy (non-hydrogen) atoms. The van der Waals surface area contributed by atoms with Crippen molar-refractivity contribution in [3.05, 3.63) is 71.5 Å². The Kier molecular flexibility index (Phi) is 3.52. The standard InChI is InChI=1S/C15H12O4/c16-12-8-6-11(7-9-12)14(18)15(19)13(17)10-4-2-1-3-5-10/h1-9,16-17,19H. The van der Waals surface area contributed by atoms with Crippen LogP contribution in [0.5, 0.6) is 5.75 Å². The molecule has 3 N–H and O–H groups in total. The van der Waals surface area contributed by atoms with Crippen LogP contribution in [0.3, 0.4) is 0 Å². The van der Waals surface area contributed by atoms with Crippen molar-refractivity contribution in [1.29, 1.82) is 0 Å². The molecule has 0 aliphatic carbocycles. The van der Waals surface area contributed by atoms with Gasteiger partial charge in [-0.3, -0.25) is 4.79 Å². The highest BCUT2D eigenvalue weighted by molar-refractivity contribution is 6.10. The molecule has 0 heterocycles. The largest absolute Gasteiger partial charge is 0.508 e. The molecular weight excluding hydrogens is 244 g/mol. The molecule has 0 fully saturated rings. The van der Waals surface area contributed by atoms with Gasteiger partial charge in [-0.15, -0.1) is 0 Å². The van der Waals surface area contributed by atoms with Crippen LogP contribution in [0.25, 0.3) is 5.76 Å². The Balaban J connectivity index is 2.35. The number of Topliss-reactive ketones (excluding diaryl/α,β-unsaturated/α-hetero) is 1. The lowest BCUT2D eigenvalue weighted by Crippen LogP contribution is -2.05. The van der Waals surface area contributed by atoms with Crippen LogP contribution in [0.4, 0.5) is 0 Å². The van der Waals surface area contributed by atoms with Gasteiger partial charge in [-0.2, -0.15) is 0 Å². The molecule has 0 spiro atoms. The summed E-state index contributed by atoms with van der Waals surface area (Å²) in [5.41, 5.74) is 0.532. The van der Waals surface area contributed by atoms with Gasteiger partial charge >= 0.3 is 0 Å². The van der Waals surface area contributed by atoms with E-state index in [4.69, 9.17) is 5.11 Å². The van der Waals surface area contributed by atoms with E-state index < -0.39 is 17.3 Å². The lowest BCUT2D eigenvalue weighted by Gasteiger charge is -2.04. The Morgan fingerprint density at radius 2 is 1.37 bits per heavy atom. The molecule has 2 aromatic rings. The molecule has 0 saturated heterocycles. The third-order valence-corrected chi connectivity index (χ3v) is 2.62. The van der Waals surface area contributed by atoms with Crippen LogP contribution in [0, 0.1) is 0 Å². The van der Waals surface area contributed by atoms with Crippen LogP contribution >= 0.6 is 0 Å². The molecular formula is C15H12O4. The van der Waals surface area contributed by atoms with Crippen LogP contribution in [0.1, 0.15) is 15.9 Å². The van der Waals surface area contributed by atoms with Crippen LogP contribution in [-0.2, 0) is 0 Å². The first-order chi connectivity index (χ1) is 9.09. The summed E-state index contributed by atoms with van der Waals surface area (Å²) in [5, 5.41) is 28.7. The number of phenolic OH excluding ortho intramolecular Hbond substituents is 1. The van der Waals surface area contributed by atoms with E-state index in [1.807, 2.05) is 0 Å². The average Bonchev–Trinajstić information content (AvgIpc) is 2.46. The zero-order valence-electron chi connectivity index (χ0n) is 9.95. The Morgan fingerprint density at radius 3 is 1.95 bits per heavy atom. The highest BCUT2D eigenvalue weighted by Gasteiger charge is 2.17. The van der Waals surface area contributed by atoms with Gasteiger partial charge in [-0.1, -0.05) is 30.3 Å². The summed E-state index contributed by atoms with van der Waals surface area (Å²) in [6.45, 7) is 0. The Labute approximate surface area is 109 Å². The second-order valence-corrected chi connectivity index (χ2v) is 3.94. The fourth-order valence-electron chi connectivity index (χ4n) is 1.59. The van der Waals surface area contributed by atoms with E-state index >= 15 is 0 Å². The topological polar surface area (TPSA) is 77.8 Å². The van der Waals surface area contributed by atoms with Gasteiger partial charge in [-0.25, -0.2) is 0 Å². The predicted molar refractivity (Wildman–Crippen MR) is 71.1 cm³/mol. The molecule has 4 heteroatoms. The van der Waals surface area contributed by atoms with Gasteiger partial charge in [0.1, 0.15) is 5.75 Å². The predicted octanol–water partition coefficient (Wildman–Crippen LogP) is 3.06. The van der Waals surface area contributed by atoms with Crippen molar-refractivity contribution in [1.82, 2.24) is 0 Å². The van der Waals surface area contributed by atoms with Crippen molar-refractivity contribution in [3.8, 4) is 5.75 Å². The summed E-state index contributed by atoms with van der Waals surface area (Å²) < 4.78 is 0. The molecule has 4 nitrogen and oxygen atoms in total. The van der Waals surface area contributed by atoms with E-state index in [1.54, 1.807) is 30.3 Å². The fraction of sp³-hybridized carbons (Fsp3) is 0. The number of aliphatic hydroxyl groups is 2. The van der Waals surface area contributed by atoms with Gasteiger partial charge in [0.25, 0.3) is 0 Å². The van der Waals surface area contributed by atoms with Crippen molar-refractivity contribution in [2.75, 3.05) is 0 Å². The molecule has 0 amide bonds. The highest BCUT2D eigenvalue weighted by Crippen LogP contribution is 2.18. The quantitative estimate of drug-likeness (QED) is 0.448. The molecule has 0 bridgehead atoms. The van der Waals surface area contributed by atoms with E-state index in [1.165, 1.54) is 24.3 Å². The van der Waals surface area contributed by atoms with Crippen LogP contribution < -0.4 is 0 Å². The van der Waals surface area contributed by atoms with E-state index in [2.05, 4.69) is 0 Å². The summed E-state index contributed by atoms with van der Waals surface area (Å²) in [6.07, 6.45) is 0. The monoisotopic (exact) mass is 256 g/mol. The van der Waals surface area contributed by atoms with E-state index in [0.717, 1.165) is 0 Å². The molecule has 0 aliphatic rings. The lowest BCUT2D eigenvalue weighted by atomic mass is 10.1. The molecule has 0 saturated carbocycles. The third-order valence-electron chi connectivity index (χ3n) is 2.62. The van der Waals surface area contributed by atoms with Crippen LogP contribution in [0.15, 0.2) is 60.4 Å². The van der Waals surface area contributed by atoms with Crippen LogP contribution in [0.2, 0.25) is 0 Å². The normalized spacial score (nSPS) is 11.8. The number of aromatic hydroxyl groups is 1. The molecule has 0 aromatic heterocycles. The summed E-state index contributed by atoms with van der Waals surface area (Å²) in [5.74, 6) is -1.88. The number of aliphatic hydroxyl groups excluding tert-OH is 2. The number of phenols is 1. The van der Waals surface area contributed by atoms with E-state index in [-0.39, 0.29) is 11.3 Å². The molecule has 0 atom stereocenters. The first-order valence-electron chi connectivity index (χ1n) is 5.61. The molecule has 0 radical (unpaired) electrons. The van der Waals surface area contributed by atoms with Gasteiger partial charge in [0, 0.05) is 11.1 Å². The number of carbonyl (C=O) groups is 1. The van der Waals surface area contributed by atoms with Crippen molar-refractivity contribution in [3.63, 3.8) is 0 Å². The number of rotatable bonds is 3. The number of benzene rings is 2. The van der Waals surface area contributed by atoms with Gasteiger partial charge in [-0.05, 0) is 24.3 Å². The summed E-state index contributed by atoms with van der Waals surface area (Å²) in [7, 11) is 0. The first-order valence-corrected chi connectivity index (χ1v) is 5.61. The van der Waals surface area contributed by atoms with E-state index in [9.17, 15) is 15.0 Å². The summed E-state index contributed by atoms with van der Waals surface area (Å²) in [4.78, 5) is 11.9. The summed E-state index contributed by atoms with van der Waals surface area (Å²) >= 11 is 0. The highest BCUT2D eigenvalue weighted by atomic mass is 16.3. The third kappa shape index (κ3) is 2.74. The maximum absolute atomic E-state index is 11.9. The van der Waals surface area contributed by atoms with Gasteiger partial charge in [0.05, 0.1) is 0 Å². The fourth-order valence-corrected chi connectivity index (χ4v) is 1.59. The molecule has 2 aromatic carbocycles. The first kappa shape index (κ1) is 12.7. The maximum Gasteiger partial charge on any atom is 0.231 e. The molecule has 96 valence electrons. The van der Waals surface area contributed by atoms with Gasteiger partial charge < -0.3 is 15.3 Å². The number of ketones is 1. The Bertz CT molecular complexity index is 612. The SMILES string of the molecule is O=C(C(O)=C(O)c1ccccc1)c1ccc(O)cc1. The van der Waals surface area contributed by atoms with E-state index in [0.29, 0.717) is 5.56 Å². The van der Waals surface area contributed by atoms with Gasteiger partial charge in [0.2, 0.25) is 11.5 Å². The smallest absolute Gasteiger partial charge is 0.231 e. The zero-order chi connectivity index (χ0) is 13.8. The van der Waals surface area contributed by atoms with Crippen LogP contribution in [-0.4, -0.2) is 21.1 Å². The number of hydrogen-bond acceptors (Lipinski definition) is 4. The zero-order valence-corrected chi connectivity index (χ0v) is 9.95. The molecule has 0 unspecified atom stereocenters. The minimum absolute atomic E-state index is 0.0206. The number of hydrogen-bond donors (Lipinski definition) is 3. The van der Waals surface area contributed by atoms with Crippen molar-refractivity contribution >= 4 is 11.5 Å².